The van der Waals surface area contributed by atoms with E-state index in [-0.39, 0.29) is 5.41 Å². The molecule has 140 valence electrons. The van der Waals surface area contributed by atoms with Crippen molar-refractivity contribution in [3.05, 3.63) is 143 Å². The highest BCUT2D eigenvalue weighted by molar-refractivity contribution is 5.60. The van der Waals surface area contributed by atoms with E-state index in [0.29, 0.717) is 11.8 Å². The third kappa shape index (κ3) is 2.45. The van der Waals surface area contributed by atoms with Gasteiger partial charge in [-0.25, -0.2) is 0 Å². The Morgan fingerprint density at radius 3 is 1.28 bits per heavy atom. The molecule has 0 nitrogen and oxygen atoms in total. The van der Waals surface area contributed by atoms with Crippen LogP contribution in [-0.2, 0) is 5.41 Å². The van der Waals surface area contributed by atoms with Crippen LogP contribution in [0.2, 0.25) is 0 Å². The summed E-state index contributed by atoms with van der Waals surface area (Å²) in [6, 6.07) is 40.6. The first-order chi connectivity index (χ1) is 14.4. The number of benzene rings is 4. The summed E-state index contributed by atoms with van der Waals surface area (Å²) in [5.74, 6) is 0.935. The fourth-order valence-corrected chi connectivity index (χ4v) is 6.02. The number of rotatable bonds is 2. The maximum absolute atomic E-state index is 2.39. The molecule has 0 heteroatoms. The van der Waals surface area contributed by atoms with Crippen molar-refractivity contribution in [3.63, 3.8) is 0 Å². The van der Waals surface area contributed by atoms with Crippen molar-refractivity contribution in [2.75, 3.05) is 0 Å². The minimum absolute atomic E-state index is 0.105. The van der Waals surface area contributed by atoms with Crippen LogP contribution in [0.3, 0.4) is 0 Å². The molecule has 0 radical (unpaired) electrons. The van der Waals surface area contributed by atoms with Crippen LogP contribution in [0, 0.1) is 0 Å². The first-order valence-electron chi connectivity index (χ1n) is 10.7. The van der Waals surface area contributed by atoms with E-state index >= 15 is 0 Å². The lowest BCUT2D eigenvalue weighted by Gasteiger charge is -2.28. The summed E-state index contributed by atoms with van der Waals surface area (Å²) >= 11 is 0. The largest absolute Gasteiger partial charge is 0.0622 e. The van der Waals surface area contributed by atoms with Gasteiger partial charge in [0, 0.05) is 17.3 Å². The van der Waals surface area contributed by atoms with Gasteiger partial charge < -0.3 is 0 Å². The summed E-state index contributed by atoms with van der Waals surface area (Å²) in [7, 11) is 0. The van der Waals surface area contributed by atoms with Crippen molar-refractivity contribution in [2.45, 2.75) is 30.1 Å². The van der Waals surface area contributed by atoms with Gasteiger partial charge in [0.1, 0.15) is 0 Å². The molecule has 2 aliphatic rings. The molecule has 2 atom stereocenters. The van der Waals surface area contributed by atoms with Crippen molar-refractivity contribution in [1.82, 2.24) is 0 Å². The van der Waals surface area contributed by atoms with E-state index in [4.69, 9.17) is 0 Å². The van der Waals surface area contributed by atoms with Gasteiger partial charge in [-0.3, -0.25) is 0 Å². The number of fused-ring (bicyclic) bond motifs is 4. The predicted octanol–water partition coefficient (Wildman–Crippen LogP) is 7.04. The first kappa shape index (κ1) is 16.8. The Bertz CT molecular complexity index is 1060. The van der Waals surface area contributed by atoms with Gasteiger partial charge in [0.2, 0.25) is 0 Å². The number of hydrogen-bond acceptors (Lipinski definition) is 0. The quantitative estimate of drug-likeness (QED) is 0.354. The Hall–Kier alpha value is -3.12. The van der Waals surface area contributed by atoms with E-state index in [1.54, 1.807) is 11.1 Å². The van der Waals surface area contributed by atoms with Crippen molar-refractivity contribution in [1.29, 1.82) is 0 Å². The van der Waals surface area contributed by atoms with Crippen LogP contribution >= 0.6 is 0 Å². The van der Waals surface area contributed by atoms with Gasteiger partial charge >= 0.3 is 0 Å². The van der Waals surface area contributed by atoms with Crippen LogP contribution in [0.25, 0.3) is 0 Å². The Morgan fingerprint density at radius 2 is 0.828 bits per heavy atom. The first-order valence-corrected chi connectivity index (χ1v) is 10.7. The summed E-state index contributed by atoms with van der Waals surface area (Å²) in [5.41, 5.74) is 9.10. The molecule has 2 aliphatic carbocycles. The minimum atomic E-state index is 0.105. The van der Waals surface area contributed by atoms with Crippen molar-refractivity contribution < 1.29 is 0 Å². The highest BCUT2D eigenvalue weighted by Gasteiger charge is 2.51. The molecule has 0 heterocycles. The second-order valence-electron chi connectivity index (χ2n) is 8.59. The van der Waals surface area contributed by atoms with Crippen molar-refractivity contribution in [3.8, 4) is 0 Å². The molecule has 0 amide bonds. The standard InChI is InChI=1S/C29H24/c1-3-11-21(12-4-1)25-19-29(27-17-9-7-15-23(25)27)20-26(22-13-5-2-6-14-22)24-16-8-10-18-28(24)29/h1-18,25-26H,19-20H2. The molecular weight excluding hydrogens is 348 g/mol. The molecule has 0 saturated carbocycles. The SMILES string of the molecule is c1ccc(C2CC3(CC(c4ccccc4)c4ccccc43)c3ccccc32)cc1. The highest BCUT2D eigenvalue weighted by atomic mass is 14.5. The third-order valence-electron chi connectivity index (χ3n) is 7.21. The fourth-order valence-electron chi connectivity index (χ4n) is 6.02. The molecule has 0 bridgehead atoms. The molecule has 0 aliphatic heterocycles. The lowest BCUT2D eigenvalue weighted by Crippen LogP contribution is -2.22. The van der Waals surface area contributed by atoms with Crippen LogP contribution in [0.15, 0.2) is 109 Å². The molecule has 4 aromatic carbocycles. The second kappa shape index (κ2) is 6.46. The van der Waals surface area contributed by atoms with E-state index in [2.05, 4.69) is 109 Å². The Morgan fingerprint density at radius 1 is 0.448 bits per heavy atom. The van der Waals surface area contributed by atoms with Crippen molar-refractivity contribution >= 4 is 0 Å². The predicted molar refractivity (Wildman–Crippen MR) is 119 cm³/mol. The third-order valence-corrected chi connectivity index (χ3v) is 7.21. The van der Waals surface area contributed by atoms with Crippen LogP contribution in [0.4, 0.5) is 0 Å². The average Bonchev–Trinajstić information content (AvgIpc) is 3.32. The smallest absolute Gasteiger partial charge is 0.0226 e. The Labute approximate surface area is 172 Å². The zero-order valence-corrected chi connectivity index (χ0v) is 16.5. The molecule has 0 N–H and O–H groups in total. The lowest BCUT2D eigenvalue weighted by atomic mass is 9.75. The molecule has 6 rings (SSSR count). The fraction of sp³-hybridized carbons (Fsp3) is 0.172. The summed E-state index contributed by atoms with van der Waals surface area (Å²) in [4.78, 5) is 0. The normalized spacial score (nSPS) is 24.4. The van der Waals surface area contributed by atoms with Gasteiger partial charge in [-0.05, 0) is 46.2 Å². The summed E-state index contributed by atoms with van der Waals surface area (Å²) in [5, 5.41) is 0. The molecule has 0 aromatic heterocycles. The molecule has 2 unspecified atom stereocenters. The monoisotopic (exact) mass is 372 g/mol. The average molecular weight is 373 g/mol. The highest BCUT2D eigenvalue weighted by Crippen LogP contribution is 2.61. The van der Waals surface area contributed by atoms with E-state index in [9.17, 15) is 0 Å². The molecule has 1 spiro atoms. The molecule has 0 saturated heterocycles. The summed E-state index contributed by atoms with van der Waals surface area (Å²) in [6.07, 6.45) is 2.33. The van der Waals surface area contributed by atoms with Crippen molar-refractivity contribution in [2.24, 2.45) is 0 Å². The van der Waals surface area contributed by atoms with Crippen LogP contribution in [-0.4, -0.2) is 0 Å². The maximum atomic E-state index is 2.39. The Kier molecular flexibility index (Phi) is 3.74. The molecule has 4 aromatic rings. The van der Waals surface area contributed by atoms with Gasteiger partial charge in [-0.1, -0.05) is 109 Å². The second-order valence-corrected chi connectivity index (χ2v) is 8.59. The minimum Gasteiger partial charge on any atom is -0.0622 e. The van der Waals surface area contributed by atoms with E-state index < -0.39 is 0 Å². The van der Waals surface area contributed by atoms with E-state index in [0.717, 1.165) is 12.8 Å². The number of hydrogen-bond donors (Lipinski definition) is 0. The van der Waals surface area contributed by atoms with Crippen LogP contribution in [0.1, 0.15) is 58.1 Å². The summed E-state index contributed by atoms with van der Waals surface area (Å²) < 4.78 is 0. The topological polar surface area (TPSA) is 0 Å². The zero-order valence-electron chi connectivity index (χ0n) is 16.5. The van der Waals surface area contributed by atoms with E-state index in [1.165, 1.54) is 22.3 Å². The van der Waals surface area contributed by atoms with Crippen LogP contribution in [0.5, 0.6) is 0 Å². The van der Waals surface area contributed by atoms with Gasteiger partial charge in [0.25, 0.3) is 0 Å². The molecule has 0 fully saturated rings. The van der Waals surface area contributed by atoms with Gasteiger partial charge in [-0.2, -0.15) is 0 Å². The van der Waals surface area contributed by atoms with Gasteiger partial charge in [0.05, 0.1) is 0 Å². The van der Waals surface area contributed by atoms with E-state index in [1.807, 2.05) is 0 Å². The van der Waals surface area contributed by atoms with Gasteiger partial charge in [-0.15, -0.1) is 0 Å². The molecule has 29 heavy (non-hydrogen) atoms. The van der Waals surface area contributed by atoms with Gasteiger partial charge in [0.15, 0.2) is 0 Å². The zero-order chi connectivity index (χ0) is 19.3. The maximum Gasteiger partial charge on any atom is 0.0226 e. The summed E-state index contributed by atoms with van der Waals surface area (Å²) in [6.45, 7) is 0. The molecular formula is C29H24. The lowest BCUT2D eigenvalue weighted by molar-refractivity contribution is 0.470. The van der Waals surface area contributed by atoms with Crippen LogP contribution < -0.4 is 0 Å². The Balaban J connectivity index is 1.55.